The number of ether oxygens (including phenoxy) is 1. The standard InChI is InChI=1S/C26H30N4O2/c1-29-15-17-30(18-16-29)25-12-9-23(19-28-25)26(31)27-14-13-21-7-10-24(11-8-21)32-20-22-5-3-2-4-6-22/h2-12,19H,13-18,20H2,1H3,(H,27,31). The Kier molecular flexibility index (Phi) is 7.35. The van der Waals surface area contributed by atoms with E-state index in [1.165, 1.54) is 0 Å². The normalized spacial score (nSPS) is 14.2. The van der Waals surface area contributed by atoms with Crippen LogP contribution in [0.4, 0.5) is 5.82 Å². The first-order valence-corrected chi connectivity index (χ1v) is 11.1. The van der Waals surface area contributed by atoms with Crippen LogP contribution in [0.25, 0.3) is 0 Å². The lowest BCUT2D eigenvalue weighted by atomic mass is 10.1. The first-order chi connectivity index (χ1) is 15.7. The number of nitrogens with zero attached hydrogens (tertiary/aromatic N) is 3. The summed E-state index contributed by atoms with van der Waals surface area (Å²) < 4.78 is 5.82. The molecule has 1 fully saturated rings. The Balaban J connectivity index is 1.20. The minimum atomic E-state index is -0.0924. The molecule has 166 valence electrons. The summed E-state index contributed by atoms with van der Waals surface area (Å²) in [6.45, 7) is 5.12. The molecule has 2 heterocycles. The van der Waals surface area contributed by atoms with Crippen LogP contribution >= 0.6 is 0 Å². The molecule has 0 spiro atoms. The third kappa shape index (κ3) is 6.08. The van der Waals surface area contributed by atoms with Gasteiger partial charge in [-0.15, -0.1) is 0 Å². The van der Waals surface area contributed by atoms with Gasteiger partial charge in [0.25, 0.3) is 5.91 Å². The lowest BCUT2D eigenvalue weighted by Gasteiger charge is -2.33. The summed E-state index contributed by atoms with van der Waals surface area (Å²) in [5.74, 6) is 1.68. The van der Waals surface area contributed by atoms with Gasteiger partial charge in [0.05, 0.1) is 5.56 Å². The van der Waals surface area contributed by atoms with Crippen molar-refractivity contribution in [1.82, 2.24) is 15.2 Å². The molecule has 1 N–H and O–H groups in total. The van der Waals surface area contributed by atoms with Crippen molar-refractivity contribution >= 4 is 11.7 Å². The highest BCUT2D eigenvalue weighted by Crippen LogP contribution is 2.15. The van der Waals surface area contributed by atoms with Crippen molar-refractivity contribution in [2.24, 2.45) is 0 Å². The van der Waals surface area contributed by atoms with Gasteiger partial charge in [0.1, 0.15) is 18.2 Å². The van der Waals surface area contributed by atoms with Crippen LogP contribution < -0.4 is 15.0 Å². The molecule has 0 radical (unpaired) electrons. The summed E-state index contributed by atoms with van der Waals surface area (Å²) in [4.78, 5) is 21.5. The number of anilines is 1. The smallest absolute Gasteiger partial charge is 0.252 e. The van der Waals surface area contributed by atoms with E-state index in [4.69, 9.17) is 4.74 Å². The molecule has 1 aliphatic rings. The highest BCUT2D eigenvalue weighted by molar-refractivity contribution is 5.94. The molecule has 0 atom stereocenters. The van der Waals surface area contributed by atoms with Gasteiger partial charge in [-0.2, -0.15) is 0 Å². The number of carbonyl (C=O) groups is 1. The number of piperazine rings is 1. The number of aromatic nitrogens is 1. The largest absolute Gasteiger partial charge is 0.489 e. The summed E-state index contributed by atoms with van der Waals surface area (Å²) in [5.41, 5.74) is 2.89. The van der Waals surface area contributed by atoms with Gasteiger partial charge < -0.3 is 19.9 Å². The van der Waals surface area contributed by atoms with Gasteiger partial charge in [-0.05, 0) is 48.9 Å². The van der Waals surface area contributed by atoms with E-state index in [9.17, 15) is 4.79 Å². The number of hydrogen-bond acceptors (Lipinski definition) is 5. The first kappa shape index (κ1) is 21.8. The highest BCUT2D eigenvalue weighted by atomic mass is 16.5. The molecule has 6 heteroatoms. The summed E-state index contributed by atoms with van der Waals surface area (Å²) in [5, 5.41) is 2.98. The molecule has 1 aromatic heterocycles. The molecule has 4 rings (SSSR count). The van der Waals surface area contributed by atoms with Gasteiger partial charge in [-0.3, -0.25) is 4.79 Å². The van der Waals surface area contributed by atoms with Gasteiger partial charge in [-0.1, -0.05) is 42.5 Å². The third-order valence-electron chi connectivity index (χ3n) is 5.71. The summed E-state index contributed by atoms with van der Waals surface area (Å²) >= 11 is 0. The molecule has 1 saturated heterocycles. The molecule has 0 unspecified atom stereocenters. The first-order valence-electron chi connectivity index (χ1n) is 11.1. The molecule has 0 aliphatic carbocycles. The molecule has 32 heavy (non-hydrogen) atoms. The van der Waals surface area contributed by atoms with Crippen molar-refractivity contribution in [3.8, 4) is 5.75 Å². The van der Waals surface area contributed by atoms with E-state index in [2.05, 4.69) is 27.1 Å². The predicted molar refractivity (Wildman–Crippen MR) is 127 cm³/mol. The Morgan fingerprint density at radius 3 is 2.38 bits per heavy atom. The molecule has 6 nitrogen and oxygen atoms in total. The monoisotopic (exact) mass is 430 g/mol. The van der Waals surface area contributed by atoms with Crippen LogP contribution in [-0.2, 0) is 13.0 Å². The number of hydrogen-bond donors (Lipinski definition) is 1. The quantitative estimate of drug-likeness (QED) is 0.594. The predicted octanol–water partition coefficient (Wildman–Crippen LogP) is 3.38. The molecular formula is C26H30N4O2. The van der Waals surface area contributed by atoms with E-state index in [0.29, 0.717) is 18.7 Å². The van der Waals surface area contributed by atoms with Crippen molar-refractivity contribution in [2.45, 2.75) is 13.0 Å². The third-order valence-corrected chi connectivity index (χ3v) is 5.71. The zero-order chi connectivity index (χ0) is 22.2. The minimum absolute atomic E-state index is 0.0924. The van der Waals surface area contributed by atoms with E-state index in [-0.39, 0.29) is 5.91 Å². The summed E-state index contributed by atoms with van der Waals surface area (Å²) in [6, 6.07) is 21.9. The average molecular weight is 431 g/mol. The van der Waals surface area contributed by atoms with Crippen LogP contribution in [0.15, 0.2) is 72.9 Å². The van der Waals surface area contributed by atoms with Gasteiger partial charge in [0.15, 0.2) is 0 Å². The maximum absolute atomic E-state index is 12.4. The zero-order valence-corrected chi connectivity index (χ0v) is 18.5. The van der Waals surface area contributed by atoms with Crippen LogP contribution in [-0.4, -0.2) is 55.6 Å². The van der Waals surface area contributed by atoms with Gasteiger partial charge in [0, 0.05) is 38.9 Å². The number of likely N-dealkylation sites (N-methyl/N-ethyl adjacent to an activating group) is 1. The number of rotatable bonds is 8. The van der Waals surface area contributed by atoms with Crippen LogP contribution in [0.3, 0.4) is 0 Å². The topological polar surface area (TPSA) is 57.7 Å². The van der Waals surface area contributed by atoms with Crippen molar-refractivity contribution < 1.29 is 9.53 Å². The summed E-state index contributed by atoms with van der Waals surface area (Å²) in [6.07, 6.45) is 2.43. The second-order valence-corrected chi connectivity index (χ2v) is 8.12. The average Bonchev–Trinajstić information content (AvgIpc) is 2.85. The Morgan fingerprint density at radius 2 is 1.69 bits per heavy atom. The maximum atomic E-state index is 12.4. The van der Waals surface area contributed by atoms with Crippen molar-refractivity contribution in [1.29, 1.82) is 0 Å². The highest BCUT2D eigenvalue weighted by Gasteiger charge is 2.15. The van der Waals surface area contributed by atoms with Crippen LogP contribution in [0.2, 0.25) is 0 Å². The summed E-state index contributed by atoms with van der Waals surface area (Å²) in [7, 11) is 2.13. The number of pyridine rings is 1. The molecule has 2 aromatic carbocycles. The number of amides is 1. The Hall–Kier alpha value is -3.38. The Bertz CT molecular complexity index is 983. The molecule has 0 saturated carbocycles. The van der Waals surface area contributed by atoms with Gasteiger partial charge in [0.2, 0.25) is 0 Å². The maximum Gasteiger partial charge on any atom is 0.252 e. The van der Waals surface area contributed by atoms with Gasteiger partial charge in [-0.25, -0.2) is 4.98 Å². The Labute approximate surface area is 189 Å². The van der Waals surface area contributed by atoms with Crippen molar-refractivity contribution in [3.05, 3.63) is 89.6 Å². The van der Waals surface area contributed by atoms with E-state index in [1.54, 1.807) is 6.20 Å². The van der Waals surface area contributed by atoms with E-state index in [0.717, 1.165) is 55.3 Å². The van der Waals surface area contributed by atoms with Crippen LogP contribution in [0, 0.1) is 0 Å². The fraction of sp³-hybridized carbons (Fsp3) is 0.308. The second kappa shape index (κ2) is 10.8. The minimum Gasteiger partial charge on any atom is -0.489 e. The molecule has 1 amide bonds. The Morgan fingerprint density at radius 1 is 0.938 bits per heavy atom. The SMILES string of the molecule is CN1CCN(c2ccc(C(=O)NCCc3ccc(OCc4ccccc4)cc3)cn2)CC1. The zero-order valence-electron chi connectivity index (χ0n) is 18.5. The second-order valence-electron chi connectivity index (χ2n) is 8.12. The van der Waals surface area contributed by atoms with Crippen LogP contribution in [0.5, 0.6) is 5.75 Å². The fourth-order valence-electron chi connectivity index (χ4n) is 3.66. The van der Waals surface area contributed by atoms with E-state index < -0.39 is 0 Å². The van der Waals surface area contributed by atoms with Gasteiger partial charge >= 0.3 is 0 Å². The number of benzene rings is 2. The molecule has 1 aliphatic heterocycles. The lowest BCUT2D eigenvalue weighted by Crippen LogP contribution is -2.44. The fourth-order valence-corrected chi connectivity index (χ4v) is 3.66. The van der Waals surface area contributed by atoms with Crippen LogP contribution in [0.1, 0.15) is 21.5 Å². The molecule has 0 bridgehead atoms. The molecular weight excluding hydrogens is 400 g/mol. The number of carbonyl (C=O) groups excluding carboxylic acids is 1. The van der Waals surface area contributed by atoms with Crippen molar-refractivity contribution in [2.75, 3.05) is 44.7 Å². The van der Waals surface area contributed by atoms with E-state index in [1.807, 2.05) is 66.7 Å². The molecule has 3 aromatic rings. The van der Waals surface area contributed by atoms with E-state index >= 15 is 0 Å². The number of nitrogens with one attached hydrogen (secondary N) is 1. The van der Waals surface area contributed by atoms with Crippen molar-refractivity contribution in [3.63, 3.8) is 0 Å². The lowest BCUT2D eigenvalue weighted by molar-refractivity contribution is 0.0954.